The molecule has 2 nitrogen and oxygen atoms in total. The second-order valence-corrected chi connectivity index (χ2v) is 3.01. The number of rotatable bonds is 1. The van der Waals surface area contributed by atoms with E-state index in [1.807, 2.05) is 0 Å². The fourth-order valence-corrected chi connectivity index (χ4v) is 1.42. The molecule has 0 aromatic rings. The van der Waals surface area contributed by atoms with E-state index in [-0.39, 0.29) is 5.57 Å². The lowest BCUT2D eigenvalue weighted by Crippen LogP contribution is -2.33. The molecular formula is C7H7F3N2. The average molecular weight is 176 g/mol. The van der Waals surface area contributed by atoms with Crippen LogP contribution < -0.4 is 0 Å². The lowest BCUT2D eigenvalue weighted by atomic mass is 9.86. The number of halogens is 3. The third-order valence-corrected chi connectivity index (χ3v) is 2.14. The summed E-state index contributed by atoms with van der Waals surface area (Å²) in [4.78, 5) is 0. The van der Waals surface area contributed by atoms with Crippen LogP contribution in [0.15, 0.2) is 21.6 Å². The predicted octanol–water partition coefficient (Wildman–Crippen LogP) is 2.47. The van der Waals surface area contributed by atoms with Crippen molar-refractivity contribution in [3.05, 3.63) is 11.4 Å². The number of nitrogens with zero attached hydrogens (tertiary/aromatic N) is 2. The molecule has 1 aliphatic carbocycles. The van der Waals surface area contributed by atoms with Crippen LogP contribution in [0, 0.1) is 0 Å². The Kier molecular flexibility index (Phi) is 1.49. The van der Waals surface area contributed by atoms with E-state index in [4.69, 9.17) is 0 Å². The molecule has 0 amide bonds. The molecule has 12 heavy (non-hydrogen) atoms. The van der Waals surface area contributed by atoms with Crippen LogP contribution in [0.4, 0.5) is 13.2 Å². The lowest BCUT2D eigenvalue weighted by Gasteiger charge is -2.29. The highest BCUT2D eigenvalue weighted by Crippen LogP contribution is 2.47. The van der Waals surface area contributed by atoms with Gasteiger partial charge in [0, 0.05) is 12.0 Å². The molecule has 0 N–H and O–H groups in total. The van der Waals surface area contributed by atoms with E-state index in [1.54, 1.807) is 0 Å². The van der Waals surface area contributed by atoms with Gasteiger partial charge in [0.1, 0.15) is 0 Å². The van der Waals surface area contributed by atoms with E-state index in [2.05, 4.69) is 10.2 Å². The molecule has 5 heteroatoms. The maximum atomic E-state index is 12.6. The van der Waals surface area contributed by atoms with Crippen LogP contribution in [0.2, 0.25) is 0 Å². The number of alkyl halides is 2. The van der Waals surface area contributed by atoms with Crippen LogP contribution in [0.25, 0.3) is 0 Å². The van der Waals surface area contributed by atoms with E-state index in [0.717, 1.165) is 0 Å². The van der Waals surface area contributed by atoms with Gasteiger partial charge in [-0.3, -0.25) is 0 Å². The highest BCUT2D eigenvalue weighted by molar-refractivity contribution is 5.33. The van der Waals surface area contributed by atoms with Crippen molar-refractivity contribution >= 4 is 0 Å². The van der Waals surface area contributed by atoms with Gasteiger partial charge >= 0.3 is 5.92 Å². The molecule has 0 radical (unpaired) electrons. The second kappa shape index (κ2) is 2.31. The van der Waals surface area contributed by atoms with Gasteiger partial charge in [0.2, 0.25) is 0 Å². The standard InChI is InChI=1S/C7H7F3N2/c8-6-4(3-7(6,9)10)5-1-2-11-12-5/h5H,1-3H2. The van der Waals surface area contributed by atoms with Crippen molar-refractivity contribution in [1.29, 1.82) is 0 Å². The van der Waals surface area contributed by atoms with Crippen molar-refractivity contribution in [3.8, 4) is 0 Å². The molecule has 0 bridgehead atoms. The van der Waals surface area contributed by atoms with Crippen LogP contribution in [0.1, 0.15) is 12.8 Å². The summed E-state index contributed by atoms with van der Waals surface area (Å²) in [6.45, 7) is 0.521. The first kappa shape index (κ1) is 7.76. The summed E-state index contributed by atoms with van der Waals surface area (Å²) < 4.78 is 37.3. The summed E-state index contributed by atoms with van der Waals surface area (Å²) in [5.41, 5.74) is 0.140. The van der Waals surface area contributed by atoms with Crippen LogP contribution in [-0.4, -0.2) is 18.5 Å². The molecular weight excluding hydrogens is 169 g/mol. The highest BCUT2D eigenvalue weighted by Gasteiger charge is 2.50. The summed E-state index contributed by atoms with van der Waals surface area (Å²) in [5, 5.41) is 7.30. The summed E-state index contributed by atoms with van der Waals surface area (Å²) in [6, 6.07) is -0.412. The predicted molar refractivity (Wildman–Crippen MR) is 35.8 cm³/mol. The van der Waals surface area contributed by atoms with Crippen LogP contribution in [0.3, 0.4) is 0 Å². The zero-order valence-electron chi connectivity index (χ0n) is 6.23. The van der Waals surface area contributed by atoms with Gasteiger partial charge < -0.3 is 0 Å². The Labute approximate surface area is 67.2 Å². The average Bonchev–Trinajstić information content (AvgIpc) is 2.52. The molecule has 0 spiro atoms. The fourth-order valence-electron chi connectivity index (χ4n) is 1.42. The minimum absolute atomic E-state index is 0.140. The van der Waals surface area contributed by atoms with Gasteiger partial charge in [0.15, 0.2) is 5.83 Å². The Hall–Kier alpha value is -0.870. The third-order valence-electron chi connectivity index (χ3n) is 2.14. The maximum Gasteiger partial charge on any atom is 0.302 e. The molecule has 1 unspecified atom stereocenters. The van der Waals surface area contributed by atoms with Gasteiger partial charge in [-0.15, -0.1) is 0 Å². The van der Waals surface area contributed by atoms with Crippen molar-refractivity contribution in [2.75, 3.05) is 6.54 Å². The molecule has 66 valence electrons. The normalized spacial score (nSPS) is 32.4. The Balaban J connectivity index is 2.17. The summed E-state index contributed by atoms with van der Waals surface area (Å²) in [7, 11) is 0. The topological polar surface area (TPSA) is 24.7 Å². The Morgan fingerprint density at radius 1 is 1.42 bits per heavy atom. The van der Waals surface area contributed by atoms with Gasteiger partial charge in [-0.05, 0) is 6.42 Å². The molecule has 1 aliphatic heterocycles. The number of azo groups is 1. The minimum Gasteiger partial charge on any atom is -0.205 e. The molecule has 0 aromatic heterocycles. The Morgan fingerprint density at radius 2 is 2.17 bits per heavy atom. The smallest absolute Gasteiger partial charge is 0.205 e. The van der Waals surface area contributed by atoms with Gasteiger partial charge in [0.05, 0.1) is 12.6 Å². The summed E-state index contributed by atoms with van der Waals surface area (Å²) in [6.07, 6.45) is 0.0847. The summed E-state index contributed by atoms with van der Waals surface area (Å²) in [5.74, 6) is -4.51. The van der Waals surface area contributed by atoms with Gasteiger partial charge in [-0.1, -0.05) is 0 Å². The van der Waals surface area contributed by atoms with E-state index >= 15 is 0 Å². The molecule has 0 fully saturated rings. The Morgan fingerprint density at radius 3 is 2.58 bits per heavy atom. The Bertz CT molecular complexity index is 270. The van der Waals surface area contributed by atoms with Gasteiger partial charge in [0.25, 0.3) is 0 Å². The second-order valence-electron chi connectivity index (χ2n) is 3.01. The van der Waals surface area contributed by atoms with Gasteiger partial charge in [-0.2, -0.15) is 19.0 Å². The maximum absolute atomic E-state index is 12.6. The van der Waals surface area contributed by atoms with E-state index in [1.165, 1.54) is 0 Å². The minimum atomic E-state index is -3.23. The molecule has 2 rings (SSSR count). The molecule has 2 aliphatic rings. The van der Waals surface area contributed by atoms with Crippen molar-refractivity contribution in [3.63, 3.8) is 0 Å². The van der Waals surface area contributed by atoms with E-state index in [0.29, 0.717) is 13.0 Å². The molecule has 1 heterocycles. The number of allylic oxidation sites excluding steroid dienone is 1. The monoisotopic (exact) mass is 176 g/mol. The SMILES string of the molecule is FC1=C(C2CCN=N2)CC1(F)F. The molecule has 1 atom stereocenters. The van der Waals surface area contributed by atoms with E-state index in [9.17, 15) is 13.2 Å². The van der Waals surface area contributed by atoms with Crippen LogP contribution in [-0.2, 0) is 0 Å². The zero-order valence-corrected chi connectivity index (χ0v) is 6.23. The van der Waals surface area contributed by atoms with Gasteiger partial charge in [-0.25, -0.2) is 4.39 Å². The number of hydrogen-bond acceptors (Lipinski definition) is 2. The first-order chi connectivity index (χ1) is 5.61. The first-order valence-corrected chi connectivity index (χ1v) is 3.75. The summed E-state index contributed by atoms with van der Waals surface area (Å²) >= 11 is 0. The van der Waals surface area contributed by atoms with Crippen LogP contribution in [0.5, 0.6) is 0 Å². The van der Waals surface area contributed by atoms with E-state index < -0.39 is 24.2 Å². The lowest BCUT2D eigenvalue weighted by molar-refractivity contribution is -0.0122. The molecule has 0 saturated heterocycles. The largest absolute Gasteiger partial charge is 0.302 e. The van der Waals surface area contributed by atoms with Crippen molar-refractivity contribution in [2.45, 2.75) is 24.8 Å². The molecule has 0 aromatic carbocycles. The first-order valence-electron chi connectivity index (χ1n) is 3.75. The molecule has 0 saturated carbocycles. The van der Waals surface area contributed by atoms with Crippen molar-refractivity contribution in [1.82, 2.24) is 0 Å². The quantitative estimate of drug-likeness (QED) is 0.586. The highest BCUT2D eigenvalue weighted by atomic mass is 19.3. The fraction of sp³-hybridized carbons (Fsp3) is 0.714. The number of hydrogen-bond donors (Lipinski definition) is 0. The van der Waals surface area contributed by atoms with Crippen LogP contribution >= 0.6 is 0 Å². The zero-order chi connectivity index (χ0) is 8.77. The third kappa shape index (κ3) is 0.956. The van der Waals surface area contributed by atoms with Crippen molar-refractivity contribution in [2.24, 2.45) is 10.2 Å². The van der Waals surface area contributed by atoms with Crippen molar-refractivity contribution < 1.29 is 13.2 Å².